The molecular weight excluding hydrogens is 681 g/mol. The Morgan fingerprint density at radius 1 is 0.536 bits per heavy atom. The molecule has 56 heavy (non-hydrogen) atoms. The van der Waals surface area contributed by atoms with Crippen LogP contribution < -0.4 is 0 Å². The molecule has 0 saturated heterocycles. The van der Waals surface area contributed by atoms with E-state index in [-0.39, 0.29) is 5.54 Å². The zero-order valence-electron chi connectivity index (χ0n) is 30.9. The summed E-state index contributed by atoms with van der Waals surface area (Å²) in [6.07, 6.45) is 9.93. The van der Waals surface area contributed by atoms with Crippen molar-refractivity contribution in [2.24, 2.45) is 0 Å². The summed E-state index contributed by atoms with van der Waals surface area (Å²) in [4.78, 5) is 8.45. The maximum absolute atomic E-state index is 4.85. The van der Waals surface area contributed by atoms with Gasteiger partial charge in [-0.05, 0) is 120 Å². The van der Waals surface area contributed by atoms with E-state index in [2.05, 4.69) is 197 Å². The number of benzene rings is 7. The lowest BCUT2D eigenvalue weighted by Gasteiger charge is -2.31. The third kappa shape index (κ3) is 4.56. The van der Waals surface area contributed by atoms with Crippen molar-refractivity contribution in [2.45, 2.75) is 18.9 Å². The molecule has 4 heteroatoms. The normalized spacial score (nSPS) is 15.8. The van der Waals surface area contributed by atoms with Crippen molar-refractivity contribution < 1.29 is 0 Å². The van der Waals surface area contributed by atoms with Gasteiger partial charge in [0.2, 0.25) is 0 Å². The molecule has 7 aromatic carbocycles. The van der Waals surface area contributed by atoms with E-state index in [4.69, 9.17) is 4.98 Å². The molecule has 1 N–H and O–H groups in total. The molecule has 4 nitrogen and oxygen atoms in total. The highest BCUT2D eigenvalue weighted by atomic mass is 15.1. The molecule has 3 aliphatic rings. The summed E-state index contributed by atoms with van der Waals surface area (Å²) in [6, 6.07) is 57.9. The summed E-state index contributed by atoms with van der Waals surface area (Å²) in [6.45, 7) is 2.34. The van der Waals surface area contributed by atoms with Crippen LogP contribution in [-0.2, 0) is 5.54 Å². The molecule has 0 bridgehead atoms. The number of pyridine rings is 1. The summed E-state index contributed by atoms with van der Waals surface area (Å²) in [7, 11) is 0. The van der Waals surface area contributed by atoms with Crippen molar-refractivity contribution in [1.82, 2.24) is 19.1 Å². The van der Waals surface area contributed by atoms with Gasteiger partial charge in [-0.25, -0.2) is 4.98 Å². The fourth-order valence-corrected chi connectivity index (χ4v) is 9.43. The molecule has 2 aromatic heterocycles. The Balaban J connectivity index is 1.04. The first kappa shape index (κ1) is 31.2. The highest BCUT2D eigenvalue weighted by Gasteiger charge is 2.27. The molecule has 9 aromatic rings. The number of aromatic amines is 1. The topological polar surface area (TPSA) is 38.5 Å². The molecule has 4 heterocycles. The van der Waals surface area contributed by atoms with E-state index in [1.54, 1.807) is 0 Å². The van der Waals surface area contributed by atoms with Crippen LogP contribution in [0.3, 0.4) is 0 Å². The van der Waals surface area contributed by atoms with Crippen LogP contribution in [0.25, 0.3) is 105 Å². The van der Waals surface area contributed by atoms with Gasteiger partial charge in [-0.2, -0.15) is 0 Å². The Morgan fingerprint density at radius 2 is 1.14 bits per heavy atom. The molecule has 0 amide bonds. The van der Waals surface area contributed by atoms with Gasteiger partial charge in [0.15, 0.2) is 0 Å². The Labute approximate surface area is 323 Å². The van der Waals surface area contributed by atoms with Gasteiger partial charge in [-0.1, -0.05) is 103 Å². The lowest BCUT2D eigenvalue weighted by atomic mass is 9.92. The van der Waals surface area contributed by atoms with Gasteiger partial charge in [-0.3, -0.25) is 0 Å². The van der Waals surface area contributed by atoms with Crippen molar-refractivity contribution in [1.29, 1.82) is 0 Å². The fraction of sp³-hybridized carbons (Fsp3) is 0.0577. The van der Waals surface area contributed by atoms with E-state index < -0.39 is 0 Å². The first-order valence-electron chi connectivity index (χ1n) is 19.4. The van der Waals surface area contributed by atoms with Gasteiger partial charge in [0, 0.05) is 54.7 Å². The number of para-hydroxylation sites is 3. The van der Waals surface area contributed by atoms with E-state index in [9.17, 15) is 0 Å². The summed E-state index contributed by atoms with van der Waals surface area (Å²) in [5, 5.41) is 7.39. The predicted molar refractivity (Wildman–Crippen MR) is 235 cm³/mol. The number of H-pyrrole nitrogens is 1. The largest absolute Gasteiger partial charge is 0.339 e. The number of hydrogen-bond donors (Lipinski definition) is 1. The second-order valence-electron chi connectivity index (χ2n) is 15.5. The number of nitrogens with zero attached hydrogens (tertiary/aromatic N) is 3. The maximum atomic E-state index is 4.85. The number of rotatable bonds is 4. The van der Waals surface area contributed by atoms with Crippen molar-refractivity contribution in [3.63, 3.8) is 0 Å². The number of hydrogen-bond acceptors (Lipinski definition) is 1. The minimum absolute atomic E-state index is 0.127. The molecule has 1 atom stereocenters. The Bertz CT molecular complexity index is 3410. The SMILES string of the molecule is CC1(n2c3ccccc3c3cc(-c4ccc5c(c4)c4cc(-c6ccc7[nH]c8nc9ccccc9c-8cc7c6)ccc4n5-c4ccccc4)ccc32)C=CC=CC1. The van der Waals surface area contributed by atoms with Gasteiger partial charge in [-0.15, -0.1) is 0 Å². The van der Waals surface area contributed by atoms with E-state index in [1.807, 2.05) is 6.07 Å². The van der Waals surface area contributed by atoms with Gasteiger partial charge in [0.1, 0.15) is 5.82 Å². The number of nitrogens with one attached hydrogen (secondary N) is 1. The molecule has 1 unspecified atom stereocenters. The molecule has 0 spiro atoms. The third-order valence-electron chi connectivity index (χ3n) is 12.1. The minimum atomic E-state index is -0.127. The molecule has 0 fully saturated rings. The van der Waals surface area contributed by atoms with Gasteiger partial charge < -0.3 is 14.1 Å². The molecule has 2 aliphatic heterocycles. The Kier molecular flexibility index (Phi) is 6.50. The van der Waals surface area contributed by atoms with Crippen molar-refractivity contribution in [2.75, 3.05) is 0 Å². The van der Waals surface area contributed by atoms with Crippen LogP contribution in [-0.4, -0.2) is 19.1 Å². The fourth-order valence-electron chi connectivity index (χ4n) is 9.43. The van der Waals surface area contributed by atoms with E-state index >= 15 is 0 Å². The smallest absolute Gasteiger partial charge is 0.139 e. The molecule has 264 valence electrons. The average molecular weight is 717 g/mol. The van der Waals surface area contributed by atoms with Gasteiger partial charge in [0.05, 0.1) is 22.1 Å². The molecule has 1 aliphatic carbocycles. The first-order valence-corrected chi connectivity index (χ1v) is 19.4. The van der Waals surface area contributed by atoms with Crippen molar-refractivity contribution in [3.05, 3.63) is 182 Å². The molecular formula is C52H36N4. The monoisotopic (exact) mass is 716 g/mol. The third-order valence-corrected chi connectivity index (χ3v) is 12.1. The highest BCUT2D eigenvalue weighted by Crippen LogP contribution is 2.42. The van der Waals surface area contributed by atoms with Crippen LogP contribution in [0.2, 0.25) is 0 Å². The Hall–Kier alpha value is -7.17. The highest BCUT2D eigenvalue weighted by molar-refractivity contribution is 6.13. The predicted octanol–water partition coefficient (Wildman–Crippen LogP) is 13.6. The van der Waals surface area contributed by atoms with Crippen LogP contribution in [0.5, 0.6) is 0 Å². The van der Waals surface area contributed by atoms with Crippen LogP contribution in [0.4, 0.5) is 0 Å². The second kappa shape index (κ2) is 11.7. The van der Waals surface area contributed by atoms with E-state index in [1.165, 1.54) is 76.6 Å². The van der Waals surface area contributed by atoms with Crippen LogP contribution >= 0.6 is 0 Å². The summed E-state index contributed by atoms with van der Waals surface area (Å²) in [5.74, 6) is 0.926. The first-order chi connectivity index (χ1) is 27.6. The Morgan fingerprint density at radius 3 is 1.88 bits per heavy atom. The maximum Gasteiger partial charge on any atom is 0.139 e. The van der Waals surface area contributed by atoms with Gasteiger partial charge >= 0.3 is 0 Å². The average Bonchev–Trinajstić information content (AvgIpc) is 3.90. The van der Waals surface area contributed by atoms with Crippen LogP contribution in [0.15, 0.2) is 182 Å². The van der Waals surface area contributed by atoms with E-state index in [0.717, 1.165) is 34.5 Å². The molecule has 12 rings (SSSR count). The number of allylic oxidation sites excluding steroid dienone is 4. The number of fused-ring (bicyclic) bond motifs is 10. The molecule has 0 saturated carbocycles. The van der Waals surface area contributed by atoms with Gasteiger partial charge in [0.25, 0.3) is 0 Å². The molecule has 0 radical (unpaired) electrons. The second-order valence-corrected chi connectivity index (χ2v) is 15.5. The van der Waals surface area contributed by atoms with Crippen molar-refractivity contribution >= 4 is 65.4 Å². The van der Waals surface area contributed by atoms with E-state index in [0.29, 0.717) is 0 Å². The zero-order valence-corrected chi connectivity index (χ0v) is 30.9. The van der Waals surface area contributed by atoms with Crippen molar-refractivity contribution in [3.8, 4) is 39.3 Å². The summed E-state index contributed by atoms with van der Waals surface area (Å²) in [5.41, 5.74) is 14.0. The zero-order chi connectivity index (χ0) is 37.0. The lowest BCUT2D eigenvalue weighted by molar-refractivity contribution is 0.437. The summed E-state index contributed by atoms with van der Waals surface area (Å²) < 4.78 is 4.94. The minimum Gasteiger partial charge on any atom is -0.339 e. The summed E-state index contributed by atoms with van der Waals surface area (Å²) >= 11 is 0. The van der Waals surface area contributed by atoms with Crippen LogP contribution in [0.1, 0.15) is 13.3 Å². The van der Waals surface area contributed by atoms with Crippen LogP contribution in [0, 0.1) is 0 Å². The lowest BCUT2D eigenvalue weighted by Crippen LogP contribution is -2.27. The standard InChI is InChI=1S/C52H36N4/c1-52(26-10-3-11-27-52)56-49-17-9-7-15-40(49)41-29-36(21-25-50(41)56)35-20-24-48-43(31-35)42-30-34(19-23-47(42)55(48)38-12-4-2-5-13-38)33-18-22-45-37(28-33)32-44-39-14-6-8-16-46(39)54-51(44)53-45/h2-26,28-32H,27H2,1H3,(H,53,54). The number of aromatic nitrogens is 4. The quantitative estimate of drug-likeness (QED) is 0.193.